The number of rotatable bonds is 3. The van der Waals surface area contributed by atoms with E-state index < -0.39 is 0 Å². The zero-order valence-electron chi connectivity index (χ0n) is 9.64. The normalized spacial score (nSPS) is 54.0. The second kappa shape index (κ2) is 3.69. The third kappa shape index (κ3) is 1.89. The van der Waals surface area contributed by atoms with E-state index in [0.29, 0.717) is 30.5 Å². The predicted octanol–water partition coefficient (Wildman–Crippen LogP) is 1.89. The van der Waals surface area contributed by atoms with Gasteiger partial charge in [0, 0.05) is 13.0 Å². The highest BCUT2D eigenvalue weighted by atomic mass is 16.6. The zero-order valence-corrected chi connectivity index (χ0v) is 9.64. The lowest BCUT2D eigenvalue weighted by atomic mass is 9.90. The molecule has 2 saturated carbocycles. The predicted molar refractivity (Wildman–Crippen MR) is 58.3 cm³/mol. The molecule has 0 aromatic rings. The summed E-state index contributed by atoms with van der Waals surface area (Å²) in [6.07, 6.45) is 10.2. The molecule has 2 aliphatic heterocycles. The van der Waals surface area contributed by atoms with Crippen LogP contribution in [0.15, 0.2) is 0 Å². The van der Waals surface area contributed by atoms with E-state index in [0.717, 1.165) is 18.9 Å². The fourth-order valence-corrected chi connectivity index (χ4v) is 3.43. The van der Waals surface area contributed by atoms with Crippen molar-refractivity contribution in [3.63, 3.8) is 0 Å². The summed E-state index contributed by atoms with van der Waals surface area (Å²) in [7, 11) is 0. The Labute approximate surface area is 96.4 Å². The average molecular weight is 224 g/mol. The molecule has 4 aliphatic rings. The molecule has 16 heavy (non-hydrogen) atoms. The molecule has 90 valence electrons. The summed E-state index contributed by atoms with van der Waals surface area (Å²) in [5.41, 5.74) is 0. The van der Waals surface area contributed by atoms with Crippen LogP contribution in [0.25, 0.3) is 0 Å². The summed E-state index contributed by atoms with van der Waals surface area (Å²) >= 11 is 0. The molecule has 0 aromatic carbocycles. The first-order valence-corrected chi connectivity index (χ1v) is 6.81. The van der Waals surface area contributed by atoms with Crippen LogP contribution >= 0.6 is 0 Å². The largest absolute Gasteiger partial charge is 0.378 e. The Balaban J connectivity index is 1.22. The Morgan fingerprint density at radius 1 is 0.812 bits per heavy atom. The lowest BCUT2D eigenvalue weighted by molar-refractivity contribution is 0.00621. The maximum atomic E-state index is 6.05. The van der Waals surface area contributed by atoms with Crippen LogP contribution < -0.4 is 0 Å². The average Bonchev–Trinajstić information content (AvgIpc) is 3.19. The highest BCUT2D eigenvalue weighted by Crippen LogP contribution is 2.41. The number of epoxide rings is 2. The van der Waals surface area contributed by atoms with Gasteiger partial charge < -0.3 is 14.2 Å². The van der Waals surface area contributed by atoms with Gasteiger partial charge in [0.05, 0.1) is 30.5 Å². The van der Waals surface area contributed by atoms with Crippen LogP contribution in [0, 0.1) is 5.92 Å². The minimum Gasteiger partial charge on any atom is -0.378 e. The quantitative estimate of drug-likeness (QED) is 0.687. The minimum absolute atomic E-state index is 0.474. The molecular weight excluding hydrogens is 204 g/mol. The topological polar surface area (TPSA) is 34.3 Å². The molecule has 0 spiro atoms. The van der Waals surface area contributed by atoms with Gasteiger partial charge in [-0.2, -0.15) is 0 Å². The Morgan fingerprint density at radius 3 is 2.31 bits per heavy atom. The summed E-state index contributed by atoms with van der Waals surface area (Å²) < 4.78 is 17.1. The molecule has 3 heteroatoms. The molecule has 2 heterocycles. The molecule has 4 fully saturated rings. The van der Waals surface area contributed by atoms with Crippen molar-refractivity contribution in [2.24, 2.45) is 5.92 Å². The molecule has 0 bridgehead atoms. The van der Waals surface area contributed by atoms with Gasteiger partial charge in [-0.3, -0.25) is 0 Å². The molecule has 0 N–H and O–H groups in total. The van der Waals surface area contributed by atoms with Crippen LogP contribution in [0.1, 0.15) is 38.5 Å². The zero-order chi connectivity index (χ0) is 10.5. The van der Waals surface area contributed by atoms with Crippen molar-refractivity contribution < 1.29 is 14.2 Å². The summed E-state index contributed by atoms with van der Waals surface area (Å²) in [5, 5.41) is 0. The molecule has 6 unspecified atom stereocenters. The molecule has 6 atom stereocenters. The number of hydrogen-bond donors (Lipinski definition) is 0. The summed E-state index contributed by atoms with van der Waals surface area (Å²) in [6.45, 7) is 0.953. The Morgan fingerprint density at radius 2 is 1.56 bits per heavy atom. The van der Waals surface area contributed by atoms with E-state index in [9.17, 15) is 0 Å². The van der Waals surface area contributed by atoms with E-state index in [1.165, 1.54) is 32.1 Å². The maximum Gasteiger partial charge on any atom is 0.0866 e. The van der Waals surface area contributed by atoms with Crippen molar-refractivity contribution in [3.8, 4) is 0 Å². The minimum atomic E-state index is 0.474. The molecule has 0 aromatic heterocycles. The van der Waals surface area contributed by atoms with Gasteiger partial charge >= 0.3 is 0 Å². The molecule has 3 nitrogen and oxygen atoms in total. The van der Waals surface area contributed by atoms with Gasteiger partial charge in [-0.25, -0.2) is 0 Å². The standard InChI is InChI=1S/C13H20O3/c1-3-10-12(15-10)5-8(1)7-14-9-2-4-11-13(6-9)16-11/h8-13H,1-7H2. The Kier molecular flexibility index (Phi) is 2.27. The van der Waals surface area contributed by atoms with Gasteiger partial charge in [-0.1, -0.05) is 0 Å². The first kappa shape index (κ1) is 9.86. The lowest BCUT2D eigenvalue weighted by Gasteiger charge is -2.24. The van der Waals surface area contributed by atoms with E-state index >= 15 is 0 Å². The number of fused-ring (bicyclic) bond motifs is 2. The third-order valence-corrected chi connectivity index (χ3v) is 4.64. The van der Waals surface area contributed by atoms with Crippen LogP contribution in [-0.4, -0.2) is 37.1 Å². The molecule has 2 saturated heterocycles. The van der Waals surface area contributed by atoms with Gasteiger partial charge in [-0.05, 0) is 38.0 Å². The van der Waals surface area contributed by atoms with Crippen LogP contribution in [0.3, 0.4) is 0 Å². The first-order valence-electron chi connectivity index (χ1n) is 6.81. The van der Waals surface area contributed by atoms with Crippen molar-refractivity contribution in [2.45, 2.75) is 69.0 Å². The van der Waals surface area contributed by atoms with Crippen molar-refractivity contribution >= 4 is 0 Å². The lowest BCUT2D eigenvalue weighted by Crippen LogP contribution is -2.26. The van der Waals surface area contributed by atoms with Gasteiger partial charge in [0.2, 0.25) is 0 Å². The highest BCUT2D eigenvalue weighted by molar-refractivity contribution is 4.94. The summed E-state index contributed by atoms with van der Waals surface area (Å²) in [4.78, 5) is 0. The summed E-state index contributed by atoms with van der Waals surface area (Å²) in [6, 6.07) is 0. The second-order valence-corrected chi connectivity index (χ2v) is 5.87. The van der Waals surface area contributed by atoms with E-state index in [-0.39, 0.29) is 0 Å². The van der Waals surface area contributed by atoms with Gasteiger partial charge in [-0.15, -0.1) is 0 Å². The van der Waals surface area contributed by atoms with E-state index in [4.69, 9.17) is 14.2 Å². The summed E-state index contributed by atoms with van der Waals surface area (Å²) in [5.74, 6) is 0.751. The van der Waals surface area contributed by atoms with Gasteiger partial charge in [0.1, 0.15) is 0 Å². The molecule has 4 rings (SSSR count). The van der Waals surface area contributed by atoms with Crippen molar-refractivity contribution in [1.82, 2.24) is 0 Å². The van der Waals surface area contributed by atoms with Gasteiger partial charge in [0.15, 0.2) is 0 Å². The van der Waals surface area contributed by atoms with Crippen LogP contribution in [-0.2, 0) is 14.2 Å². The fourth-order valence-electron chi connectivity index (χ4n) is 3.43. The fraction of sp³-hybridized carbons (Fsp3) is 1.00. The smallest absolute Gasteiger partial charge is 0.0866 e. The van der Waals surface area contributed by atoms with Crippen molar-refractivity contribution in [1.29, 1.82) is 0 Å². The maximum absolute atomic E-state index is 6.05. The van der Waals surface area contributed by atoms with Crippen molar-refractivity contribution in [3.05, 3.63) is 0 Å². The van der Waals surface area contributed by atoms with Gasteiger partial charge in [0.25, 0.3) is 0 Å². The Hall–Kier alpha value is -0.120. The molecule has 2 aliphatic carbocycles. The van der Waals surface area contributed by atoms with E-state index in [1.807, 2.05) is 0 Å². The first-order chi connectivity index (χ1) is 7.88. The van der Waals surface area contributed by atoms with E-state index in [1.54, 1.807) is 0 Å². The molecule has 0 radical (unpaired) electrons. The second-order valence-electron chi connectivity index (χ2n) is 5.87. The number of ether oxygens (including phenoxy) is 3. The number of hydrogen-bond acceptors (Lipinski definition) is 3. The van der Waals surface area contributed by atoms with E-state index in [2.05, 4.69) is 0 Å². The van der Waals surface area contributed by atoms with Crippen molar-refractivity contribution in [2.75, 3.05) is 6.61 Å². The monoisotopic (exact) mass is 224 g/mol. The Bertz CT molecular complexity index is 252. The third-order valence-electron chi connectivity index (χ3n) is 4.64. The van der Waals surface area contributed by atoms with Crippen LogP contribution in [0.5, 0.6) is 0 Å². The van der Waals surface area contributed by atoms with Crippen LogP contribution in [0.4, 0.5) is 0 Å². The molecular formula is C13H20O3. The SMILES string of the molecule is C1CC2OC2CC1COC1CCC2OC2C1. The molecule has 0 amide bonds. The highest BCUT2D eigenvalue weighted by Gasteiger charge is 2.46. The van der Waals surface area contributed by atoms with Crippen LogP contribution in [0.2, 0.25) is 0 Å².